The van der Waals surface area contributed by atoms with E-state index in [9.17, 15) is 9.90 Å². The van der Waals surface area contributed by atoms with E-state index in [0.29, 0.717) is 0 Å². The molecular formula is C17H16O2. The molecule has 0 radical (unpaired) electrons. The Hall–Kier alpha value is -1.93. The Labute approximate surface area is 112 Å². The number of ketones is 1. The molecule has 3 atom stereocenters. The molecule has 1 saturated carbocycles. The molecule has 2 nitrogen and oxygen atoms in total. The highest BCUT2D eigenvalue weighted by atomic mass is 16.3. The minimum absolute atomic E-state index is 0.0300. The van der Waals surface area contributed by atoms with Gasteiger partial charge in [0.15, 0.2) is 5.78 Å². The Kier molecular flexibility index (Phi) is 3.18. The molecule has 0 bridgehead atoms. The zero-order valence-corrected chi connectivity index (χ0v) is 10.6. The first-order chi connectivity index (χ1) is 9.27. The van der Waals surface area contributed by atoms with E-state index in [1.165, 1.54) is 0 Å². The highest BCUT2D eigenvalue weighted by Crippen LogP contribution is 2.48. The van der Waals surface area contributed by atoms with E-state index in [0.717, 1.165) is 17.5 Å². The Morgan fingerprint density at radius 1 is 1.00 bits per heavy atom. The standard InChI is InChI=1S/C17H16O2/c18-16(12-7-3-1-4-8-12)14-11-15(14)17(19)13-9-5-2-6-10-13/h1-10,14-16,18H,11H2/t14-,15-,16-/m1/s1. The molecule has 0 spiro atoms. The van der Waals surface area contributed by atoms with Crippen LogP contribution in [0.4, 0.5) is 0 Å². The van der Waals surface area contributed by atoms with Gasteiger partial charge in [0.2, 0.25) is 0 Å². The quantitative estimate of drug-likeness (QED) is 0.848. The molecule has 2 aromatic carbocycles. The first-order valence-electron chi connectivity index (χ1n) is 6.59. The van der Waals surface area contributed by atoms with Gasteiger partial charge in [-0.05, 0) is 17.9 Å². The molecule has 1 fully saturated rings. The Bertz CT molecular complexity index is 562. The van der Waals surface area contributed by atoms with Crippen molar-refractivity contribution in [1.29, 1.82) is 0 Å². The fourth-order valence-electron chi connectivity index (χ4n) is 2.58. The predicted octanol–water partition coefficient (Wildman–Crippen LogP) is 3.24. The fraction of sp³-hybridized carbons (Fsp3) is 0.235. The number of Topliss-reactive ketones (excluding diaryl/α,β-unsaturated/α-hetero) is 1. The number of aliphatic hydroxyl groups excluding tert-OH is 1. The lowest BCUT2D eigenvalue weighted by Crippen LogP contribution is -2.08. The number of hydrogen-bond acceptors (Lipinski definition) is 2. The van der Waals surface area contributed by atoms with Crippen molar-refractivity contribution in [1.82, 2.24) is 0 Å². The van der Waals surface area contributed by atoms with Crippen LogP contribution in [-0.4, -0.2) is 10.9 Å². The van der Waals surface area contributed by atoms with Crippen molar-refractivity contribution >= 4 is 5.78 Å². The maximum absolute atomic E-state index is 12.2. The van der Waals surface area contributed by atoms with Gasteiger partial charge < -0.3 is 5.11 Å². The zero-order chi connectivity index (χ0) is 13.2. The molecule has 0 aromatic heterocycles. The van der Waals surface area contributed by atoms with Crippen LogP contribution >= 0.6 is 0 Å². The molecule has 1 aliphatic carbocycles. The Morgan fingerprint density at radius 3 is 2.21 bits per heavy atom. The Balaban J connectivity index is 1.70. The molecule has 3 rings (SSSR count). The van der Waals surface area contributed by atoms with Gasteiger partial charge in [0.25, 0.3) is 0 Å². The van der Waals surface area contributed by atoms with Gasteiger partial charge >= 0.3 is 0 Å². The predicted molar refractivity (Wildman–Crippen MR) is 73.8 cm³/mol. The van der Waals surface area contributed by atoms with E-state index in [2.05, 4.69) is 0 Å². The molecule has 0 saturated heterocycles. The molecule has 1 aliphatic rings. The molecule has 2 aromatic rings. The molecule has 0 heterocycles. The van der Waals surface area contributed by atoms with Gasteiger partial charge in [-0.15, -0.1) is 0 Å². The van der Waals surface area contributed by atoms with Gasteiger partial charge in [-0.1, -0.05) is 60.7 Å². The van der Waals surface area contributed by atoms with Crippen molar-refractivity contribution in [3.05, 3.63) is 71.8 Å². The van der Waals surface area contributed by atoms with Crippen molar-refractivity contribution in [3.8, 4) is 0 Å². The number of aliphatic hydroxyl groups is 1. The van der Waals surface area contributed by atoms with E-state index in [-0.39, 0.29) is 17.6 Å². The normalized spacial score (nSPS) is 22.8. The molecule has 1 N–H and O–H groups in total. The number of carbonyl (C=O) groups is 1. The van der Waals surface area contributed by atoms with Crippen LogP contribution in [0.15, 0.2) is 60.7 Å². The van der Waals surface area contributed by atoms with E-state index in [1.807, 2.05) is 60.7 Å². The molecule has 96 valence electrons. The lowest BCUT2D eigenvalue weighted by atomic mass is 10.0. The third kappa shape index (κ3) is 2.45. The second-order valence-electron chi connectivity index (χ2n) is 5.09. The maximum atomic E-state index is 12.2. The van der Waals surface area contributed by atoms with Gasteiger partial charge in [-0.2, -0.15) is 0 Å². The third-order valence-electron chi connectivity index (χ3n) is 3.78. The highest BCUT2D eigenvalue weighted by Gasteiger charge is 2.47. The summed E-state index contributed by atoms with van der Waals surface area (Å²) in [5.74, 6) is 0.188. The van der Waals surface area contributed by atoms with Crippen LogP contribution < -0.4 is 0 Å². The molecule has 0 amide bonds. The van der Waals surface area contributed by atoms with Crippen LogP contribution in [0.25, 0.3) is 0 Å². The van der Waals surface area contributed by atoms with Crippen LogP contribution in [-0.2, 0) is 0 Å². The van der Waals surface area contributed by atoms with Crippen LogP contribution in [0.2, 0.25) is 0 Å². The van der Waals surface area contributed by atoms with E-state index < -0.39 is 6.10 Å². The van der Waals surface area contributed by atoms with Gasteiger partial charge in [-0.3, -0.25) is 4.79 Å². The summed E-state index contributed by atoms with van der Waals surface area (Å²) in [5, 5.41) is 10.3. The average Bonchev–Trinajstić information content (AvgIpc) is 3.28. The summed E-state index contributed by atoms with van der Waals surface area (Å²) < 4.78 is 0. The average molecular weight is 252 g/mol. The van der Waals surface area contributed by atoms with Crippen LogP contribution in [0.5, 0.6) is 0 Å². The van der Waals surface area contributed by atoms with E-state index >= 15 is 0 Å². The summed E-state index contributed by atoms with van der Waals surface area (Å²) in [7, 11) is 0. The minimum Gasteiger partial charge on any atom is -0.388 e. The zero-order valence-electron chi connectivity index (χ0n) is 10.6. The summed E-state index contributed by atoms with van der Waals surface area (Å²) in [6.45, 7) is 0. The van der Waals surface area contributed by atoms with Crippen molar-refractivity contribution < 1.29 is 9.90 Å². The summed E-state index contributed by atoms with van der Waals surface area (Å²) >= 11 is 0. The fourth-order valence-corrected chi connectivity index (χ4v) is 2.58. The lowest BCUT2D eigenvalue weighted by molar-refractivity contribution is 0.0922. The van der Waals surface area contributed by atoms with E-state index in [1.54, 1.807) is 0 Å². The third-order valence-corrected chi connectivity index (χ3v) is 3.78. The monoisotopic (exact) mass is 252 g/mol. The van der Waals surface area contributed by atoms with Gasteiger partial charge in [0.1, 0.15) is 0 Å². The van der Waals surface area contributed by atoms with Crippen LogP contribution in [0.1, 0.15) is 28.4 Å². The molecule has 19 heavy (non-hydrogen) atoms. The second kappa shape index (κ2) is 4.98. The van der Waals surface area contributed by atoms with Gasteiger partial charge in [0, 0.05) is 11.5 Å². The highest BCUT2D eigenvalue weighted by molar-refractivity contribution is 5.99. The number of benzene rings is 2. The number of hydrogen-bond donors (Lipinski definition) is 1. The second-order valence-corrected chi connectivity index (χ2v) is 5.09. The number of rotatable bonds is 4. The first kappa shape index (κ1) is 12.1. The van der Waals surface area contributed by atoms with Crippen LogP contribution in [0, 0.1) is 11.8 Å². The maximum Gasteiger partial charge on any atom is 0.166 e. The summed E-state index contributed by atoms with van der Waals surface area (Å²) in [4.78, 5) is 12.2. The number of carbonyl (C=O) groups excluding carboxylic acids is 1. The SMILES string of the molecule is O=C(c1ccccc1)[C@@H]1C[C@H]1[C@H](O)c1ccccc1. The minimum atomic E-state index is -0.529. The molecule has 0 unspecified atom stereocenters. The molecule has 2 heteroatoms. The van der Waals surface area contributed by atoms with Gasteiger partial charge in [0.05, 0.1) is 6.10 Å². The van der Waals surface area contributed by atoms with Crippen molar-refractivity contribution in [2.24, 2.45) is 11.8 Å². The van der Waals surface area contributed by atoms with Crippen molar-refractivity contribution in [3.63, 3.8) is 0 Å². The molecule has 0 aliphatic heterocycles. The lowest BCUT2D eigenvalue weighted by Gasteiger charge is -2.10. The topological polar surface area (TPSA) is 37.3 Å². The van der Waals surface area contributed by atoms with Crippen molar-refractivity contribution in [2.45, 2.75) is 12.5 Å². The van der Waals surface area contributed by atoms with Crippen LogP contribution in [0.3, 0.4) is 0 Å². The van der Waals surface area contributed by atoms with E-state index in [4.69, 9.17) is 0 Å². The van der Waals surface area contributed by atoms with Gasteiger partial charge in [-0.25, -0.2) is 0 Å². The Morgan fingerprint density at radius 2 is 1.58 bits per heavy atom. The smallest absolute Gasteiger partial charge is 0.166 e. The summed E-state index contributed by atoms with van der Waals surface area (Å²) in [5.41, 5.74) is 1.64. The first-order valence-corrected chi connectivity index (χ1v) is 6.59. The summed E-state index contributed by atoms with van der Waals surface area (Å²) in [6, 6.07) is 18.9. The molecular weight excluding hydrogens is 236 g/mol. The summed E-state index contributed by atoms with van der Waals surface area (Å²) in [6.07, 6.45) is 0.253. The van der Waals surface area contributed by atoms with Crippen molar-refractivity contribution in [2.75, 3.05) is 0 Å². The largest absolute Gasteiger partial charge is 0.388 e.